The number of carbonyl (C=O) groups is 1. The standard InChI is InChI=1S/C20H24N2O2S.C4H11N/c1-25-14-16(4-3-9-23)15-6-7-20-17(10-15)11-18(21-20)12-22-8-2-5-19(22)13-24;1-4(2,3)5/h3-4,6-7,9-11,14,19,21,24H,2,5,8,12-13H2,1H3;5H2,1-3H3/b4-3+,16-14+;. The molecule has 1 unspecified atom stereocenters. The maximum absolute atomic E-state index is 10.6. The van der Waals surface area contributed by atoms with E-state index in [0.717, 1.165) is 48.9 Å². The summed E-state index contributed by atoms with van der Waals surface area (Å²) in [4.78, 5) is 16.5. The number of likely N-dealkylation sites (tertiary alicyclic amines) is 1. The monoisotopic (exact) mass is 429 g/mol. The Kier molecular flexibility index (Phi) is 9.37. The van der Waals surface area contributed by atoms with E-state index in [1.165, 1.54) is 17.2 Å². The normalized spacial score (nSPS) is 18.1. The summed E-state index contributed by atoms with van der Waals surface area (Å²) in [6.07, 6.45) is 8.41. The number of fused-ring (bicyclic) bond motifs is 1. The minimum Gasteiger partial charge on any atom is -0.395 e. The second-order valence-electron chi connectivity index (χ2n) is 8.72. The highest BCUT2D eigenvalue weighted by atomic mass is 32.2. The third-order valence-electron chi connectivity index (χ3n) is 4.69. The molecule has 6 heteroatoms. The van der Waals surface area contributed by atoms with E-state index in [2.05, 4.69) is 34.1 Å². The third kappa shape index (κ3) is 7.76. The van der Waals surface area contributed by atoms with Gasteiger partial charge in [-0.2, -0.15) is 0 Å². The van der Waals surface area contributed by atoms with Crippen LogP contribution in [0.15, 0.2) is 41.8 Å². The third-order valence-corrected chi connectivity index (χ3v) is 5.18. The average Bonchev–Trinajstić information content (AvgIpc) is 3.29. The van der Waals surface area contributed by atoms with Crippen molar-refractivity contribution in [1.82, 2.24) is 9.88 Å². The lowest BCUT2D eigenvalue weighted by molar-refractivity contribution is -0.104. The number of nitrogens with zero attached hydrogens (tertiary/aromatic N) is 1. The molecule has 0 aliphatic carbocycles. The lowest BCUT2D eigenvalue weighted by Gasteiger charge is -2.21. The Labute approximate surface area is 184 Å². The molecule has 0 bridgehead atoms. The molecule has 1 aromatic heterocycles. The number of aliphatic hydroxyl groups is 1. The molecule has 2 aromatic rings. The largest absolute Gasteiger partial charge is 0.395 e. The van der Waals surface area contributed by atoms with Gasteiger partial charge in [0.15, 0.2) is 0 Å². The van der Waals surface area contributed by atoms with E-state index < -0.39 is 0 Å². The molecule has 0 radical (unpaired) electrons. The molecule has 30 heavy (non-hydrogen) atoms. The van der Waals surface area contributed by atoms with E-state index in [0.29, 0.717) is 0 Å². The van der Waals surface area contributed by atoms with Crippen molar-refractivity contribution in [3.8, 4) is 0 Å². The molecule has 4 N–H and O–H groups in total. The van der Waals surface area contributed by atoms with Crippen LogP contribution in [0.2, 0.25) is 0 Å². The van der Waals surface area contributed by atoms with Gasteiger partial charge >= 0.3 is 0 Å². The number of aromatic nitrogens is 1. The van der Waals surface area contributed by atoms with Crippen LogP contribution in [-0.4, -0.2) is 52.3 Å². The van der Waals surface area contributed by atoms with Crippen molar-refractivity contribution in [1.29, 1.82) is 0 Å². The number of thioether (sulfide) groups is 1. The first kappa shape index (κ1) is 24.4. The van der Waals surface area contributed by atoms with Crippen molar-refractivity contribution < 1.29 is 9.90 Å². The number of H-pyrrole nitrogens is 1. The van der Waals surface area contributed by atoms with Gasteiger partial charge in [-0.15, -0.1) is 11.8 Å². The Morgan fingerprint density at radius 3 is 2.73 bits per heavy atom. The zero-order valence-electron chi connectivity index (χ0n) is 18.5. The van der Waals surface area contributed by atoms with Crippen molar-refractivity contribution in [2.75, 3.05) is 19.4 Å². The van der Waals surface area contributed by atoms with E-state index in [4.69, 9.17) is 5.73 Å². The van der Waals surface area contributed by atoms with Crippen molar-refractivity contribution in [3.63, 3.8) is 0 Å². The second-order valence-corrected chi connectivity index (χ2v) is 9.42. The van der Waals surface area contributed by atoms with Gasteiger partial charge in [0, 0.05) is 34.7 Å². The van der Waals surface area contributed by atoms with Crippen molar-refractivity contribution in [2.45, 2.75) is 51.7 Å². The van der Waals surface area contributed by atoms with Gasteiger partial charge in [-0.05, 0) is 87.2 Å². The summed E-state index contributed by atoms with van der Waals surface area (Å²) < 4.78 is 0. The number of aliphatic hydroxyl groups excluding tert-OH is 1. The molecule has 2 heterocycles. The van der Waals surface area contributed by atoms with Gasteiger partial charge < -0.3 is 15.8 Å². The molecule has 164 valence electrons. The number of rotatable bonds is 7. The predicted molar refractivity (Wildman–Crippen MR) is 129 cm³/mol. The molecule has 1 aliphatic heterocycles. The summed E-state index contributed by atoms with van der Waals surface area (Å²) in [6, 6.07) is 8.79. The molecule has 1 aliphatic rings. The van der Waals surface area contributed by atoms with E-state index >= 15 is 0 Å². The van der Waals surface area contributed by atoms with Crippen LogP contribution in [0.3, 0.4) is 0 Å². The Hall–Kier alpha value is -1.86. The van der Waals surface area contributed by atoms with Crippen LogP contribution in [0.1, 0.15) is 44.9 Å². The molecule has 5 nitrogen and oxygen atoms in total. The fourth-order valence-electron chi connectivity index (χ4n) is 3.46. The molecule has 1 aromatic carbocycles. The van der Waals surface area contributed by atoms with Gasteiger partial charge in [0.2, 0.25) is 0 Å². The number of nitrogens with one attached hydrogen (secondary N) is 1. The maximum Gasteiger partial charge on any atom is 0.142 e. The summed E-state index contributed by atoms with van der Waals surface area (Å²) >= 11 is 1.62. The highest BCUT2D eigenvalue weighted by Crippen LogP contribution is 2.26. The average molecular weight is 430 g/mol. The van der Waals surface area contributed by atoms with Crippen LogP contribution >= 0.6 is 11.8 Å². The highest BCUT2D eigenvalue weighted by molar-refractivity contribution is 8.01. The molecule has 1 saturated heterocycles. The Morgan fingerprint density at radius 1 is 1.37 bits per heavy atom. The summed E-state index contributed by atoms with van der Waals surface area (Å²) in [5, 5.41) is 12.7. The predicted octanol–water partition coefficient (Wildman–Crippen LogP) is 4.33. The molecular formula is C24H35N3O2S. The summed E-state index contributed by atoms with van der Waals surface area (Å²) in [5.41, 5.74) is 9.77. The molecule has 0 saturated carbocycles. The SMILES string of the molecule is CC(C)(C)N.CS/C=C(\C=C\C=O)c1ccc2[nH]c(CN3CCCC3CO)cc2c1. The van der Waals surface area contributed by atoms with Crippen LogP contribution in [-0.2, 0) is 11.3 Å². The van der Waals surface area contributed by atoms with Crippen molar-refractivity contribution in [3.05, 3.63) is 53.1 Å². The smallest absolute Gasteiger partial charge is 0.142 e. The molecule has 3 rings (SSSR count). The number of benzene rings is 1. The van der Waals surface area contributed by atoms with Crippen LogP contribution in [0.4, 0.5) is 0 Å². The molecule has 0 amide bonds. The quantitative estimate of drug-likeness (QED) is 0.347. The minimum absolute atomic E-state index is 0. The molecule has 1 fully saturated rings. The van der Waals surface area contributed by atoms with E-state index in [-0.39, 0.29) is 18.2 Å². The molecular weight excluding hydrogens is 394 g/mol. The van der Waals surface area contributed by atoms with E-state index in [1.54, 1.807) is 11.8 Å². The minimum atomic E-state index is 0. The number of allylic oxidation sites excluding steroid dienone is 3. The Bertz CT molecular complexity index is 874. The number of nitrogens with two attached hydrogens (primary N) is 1. The number of carbonyl (C=O) groups excluding carboxylic acids is 1. The number of aromatic amines is 1. The number of aldehydes is 1. The molecule has 0 spiro atoms. The van der Waals surface area contributed by atoms with Gasteiger partial charge in [0.05, 0.1) is 6.61 Å². The van der Waals surface area contributed by atoms with Gasteiger partial charge in [0.1, 0.15) is 6.29 Å². The zero-order chi connectivity index (χ0) is 22.1. The Morgan fingerprint density at radius 2 is 2.10 bits per heavy atom. The van der Waals surface area contributed by atoms with Crippen molar-refractivity contribution in [2.24, 2.45) is 5.73 Å². The zero-order valence-corrected chi connectivity index (χ0v) is 19.3. The van der Waals surface area contributed by atoms with Crippen molar-refractivity contribution >= 4 is 34.5 Å². The first-order chi connectivity index (χ1) is 14.2. The van der Waals surface area contributed by atoms with E-state index in [9.17, 15) is 9.90 Å². The van der Waals surface area contributed by atoms with Crippen LogP contribution in [0.5, 0.6) is 0 Å². The highest BCUT2D eigenvalue weighted by Gasteiger charge is 2.23. The number of hydrogen-bond donors (Lipinski definition) is 3. The summed E-state index contributed by atoms with van der Waals surface area (Å²) in [7, 11) is 0. The Balaban J connectivity index is 0.000000575. The fraction of sp³-hybridized carbons (Fsp3) is 0.458. The van der Waals surface area contributed by atoms with Gasteiger partial charge in [-0.3, -0.25) is 9.69 Å². The van der Waals surface area contributed by atoms with Crippen LogP contribution < -0.4 is 5.73 Å². The fourth-order valence-corrected chi connectivity index (χ4v) is 3.93. The second kappa shape index (κ2) is 11.5. The summed E-state index contributed by atoms with van der Waals surface area (Å²) in [5.74, 6) is 0. The first-order valence-corrected chi connectivity index (χ1v) is 11.6. The van der Waals surface area contributed by atoms with Crippen LogP contribution in [0, 0.1) is 0 Å². The van der Waals surface area contributed by atoms with E-state index in [1.807, 2.05) is 38.5 Å². The van der Waals surface area contributed by atoms with Gasteiger partial charge in [0.25, 0.3) is 0 Å². The summed E-state index contributed by atoms with van der Waals surface area (Å²) in [6.45, 7) is 8.01. The topological polar surface area (TPSA) is 82.4 Å². The lowest BCUT2D eigenvalue weighted by atomic mass is 10.1. The van der Waals surface area contributed by atoms with Gasteiger partial charge in [-0.25, -0.2) is 0 Å². The molecule has 1 atom stereocenters. The first-order valence-electron chi connectivity index (χ1n) is 10.4. The lowest BCUT2D eigenvalue weighted by Crippen LogP contribution is -2.31. The van der Waals surface area contributed by atoms with Gasteiger partial charge in [-0.1, -0.05) is 12.1 Å². The van der Waals surface area contributed by atoms with Crippen LogP contribution in [0.25, 0.3) is 16.5 Å². The number of hydrogen-bond acceptors (Lipinski definition) is 5. The maximum atomic E-state index is 10.6.